The van der Waals surface area contributed by atoms with Gasteiger partial charge in [-0.1, -0.05) is 45.0 Å². The number of para-hydroxylation sites is 1. The molecule has 0 aliphatic rings. The van der Waals surface area contributed by atoms with E-state index in [2.05, 4.69) is 26.1 Å². The summed E-state index contributed by atoms with van der Waals surface area (Å²) in [5.41, 5.74) is 1.90. The standard InChI is InChI=1S/C19H22FNO2/c1-13-9-10-16(15(20)11-13)21-18(22)12-23-17-8-6-5-7-14(17)19(2,3)4/h5-11H,12H2,1-4H3,(H,21,22). The lowest BCUT2D eigenvalue weighted by atomic mass is 9.86. The fraction of sp³-hybridized carbons (Fsp3) is 0.316. The van der Waals surface area contributed by atoms with Crippen LogP contribution >= 0.6 is 0 Å². The Labute approximate surface area is 136 Å². The maximum absolute atomic E-state index is 13.7. The molecule has 0 saturated heterocycles. The first-order valence-electron chi connectivity index (χ1n) is 7.55. The van der Waals surface area contributed by atoms with E-state index >= 15 is 0 Å². The van der Waals surface area contributed by atoms with Crippen molar-refractivity contribution in [3.05, 3.63) is 59.4 Å². The maximum Gasteiger partial charge on any atom is 0.262 e. The molecule has 2 rings (SSSR count). The summed E-state index contributed by atoms with van der Waals surface area (Å²) in [6, 6.07) is 12.3. The predicted molar refractivity (Wildman–Crippen MR) is 90.4 cm³/mol. The van der Waals surface area contributed by atoms with E-state index in [1.807, 2.05) is 24.3 Å². The number of amides is 1. The molecule has 0 bridgehead atoms. The summed E-state index contributed by atoms with van der Waals surface area (Å²) in [6.45, 7) is 7.87. The highest BCUT2D eigenvalue weighted by atomic mass is 19.1. The summed E-state index contributed by atoms with van der Waals surface area (Å²) in [5, 5.41) is 2.53. The SMILES string of the molecule is Cc1ccc(NC(=O)COc2ccccc2C(C)(C)C)c(F)c1. The first-order chi connectivity index (χ1) is 10.8. The second-order valence-corrected chi connectivity index (χ2v) is 6.57. The highest BCUT2D eigenvalue weighted by molar-refractivity contribution is 5.92. The lowest BCUT2D eigenvalue weighted by Crippen LogP contribution is -2.22. The van der Waals surface area contributed by atoms with Crippen LogP contribution in [0.2, 0.25) is 0 Å². The monoisotopic (exact) mass is 315 g/mol. The molecule has 0 aromatic heterocycles. The van der Waals surface area contributed by atoms with Crippen LogP contribution in [0.25, 0.3) is 0 Å². The Morgan fingerprint density at radius 2 is 1.87 bits per heavy atom. The summed E-state index contributed by atoms with van der Waals surface area (Å²) in [7, 11) is 0. The van der Waals surface area contributed by atoms with Crippen molar-refractivity contribution < 1.29 is 13.9 Å². The average Bonchev–Trinajstić information content (AvgIpc) is 2.47. The topological polar surface area (TPSA) is 38.3 Å². The van der Waals surface area contributed by atoms with Crippen molar-refractivity contribution in [3.63, 3.8) is 0 Å². The van der Waals surface area contributed by atoms with E-state index in [1.54, 1.807) is 19.1 Å². The van der Waals surface area contributed by atoms with Gasteiger partial charge in [-0.2, -0.15) is 0 Å². The van der Waals surface area contributed by atoms with Gasteiger partial charge in [0.2, 0.25) is 0 Å². The van der Waals surface area contributed by atoms with Gasteiger partial charge in [0, 0.05) is 0 Å². The van der Waals surface area contributed by atoms with Crippen LogP contribution in [0.3, 0.4) is 0 Å². The van der Waals surface area contributed by atoms with E-state index in [1.165, 1.54) is 6.07 Å². The zero-order chi connectivity index (χ0) is 17.0. The molecule has 1 N–H and O–H groups in total. The largest absolute Gasteiger partial charge is 0.483 e. The fourth-order valence-electron chi connectivity index (χ4n) is 2.26. The number of nitrogens with one attached hydrogen (secondary N) is 1. The molecule has 0 aliphatic carbocycles. The number of carbonyl (C=O) groups excluding carboxylic acids is 1. The molecule has 0 saturated carbocycles. The van der Waals surface area contributed by atoms with Crippen LogP contribution in [0, 0.1) is 12.7 Å². The van der Waals surface area contributed by atoms with Crippen molar-refractivity contribution in [2.75, 3.05) is 11.9 Å². The molecule has 1 amide bonds. The average molecular weight is 315 g/mol. The van der Waals surface area contributed by atoms with Crippen molar-refractivity contribution >= 4 is 11.6 Å². The molecule has 0 atom stereocenters. The van der Waals surface area contributed by atoms with Crippen LogP contribution in [0.1, 0.15) is 31.9 Å². The molecule has 122 valence electrons. The lowest BCUT2D eigenvalue weighted by Gasteiger charge is -2.22. The first kappa shape index (κ1) is 17.0. The van der Waals surface area contributed by atoms with E-state index < -0.39 is 11.7 Å². The van der Waals surface area contributed by atoms with Gasteiger partial charge in [0.25, 0.3) is 5.91 Å². The molecule has 0 radical (unpaired) electrons. The van der Waals surface area contributed by atoms with E-state index in [9.17, 15) is 9.18 Å². The minimum absolute atomic E-state index is 0.0872. The molecule has 0 heterocycles. The van der Waals surface area contributed by atoms with Gasteiger partial charge < -0.3 is 10.1 Å². The van der Waals surface area contributed by atoms with Crippen molar-refractivity contribution in [1.82, 2.24) is 0 Å². The van der Waals surface area contributed by atoms with Crippen LogP contribution in [-0.2, 0) is 10.2 Å². The van der Waals surface area contributed by atoms with Crippen molar-refractivity contribution in [1.29, 1.82) is 0 Å². The first-order valence-corrected chi connectivity index (χ1v) is 7.55. The molecule has 3 nitrogen and oxygen atoms in total. The molecule has 0 spiro atoms. The zero-order valence-corrected chi connectivity index (χ0v) is 13.9. The third kappa shape index (κ3) is 4.55. The van der Waals surface area contributed by atoms with Crippen LogP contribution in [0.5, 0.6) is 5.75 Å². The Morgan fingerprint density at radius 3 is 2.52 bits per heavy atom. The molecule has 0 fully saturated rings. The van der Waals surface area contributed by atoms with Crippen LogP contribution in [0.15, 0.2) is 42.5 Å². The number of anilines is 1. The summed E-state index contributed by atoms with van der Waals surface area (Å²) in [4.78, 5) is 12.0. The molecule has 23 heavy (non-hydrogen) atoms. The van der Waals surface area contributed by atoms with E-state index in [0.717, 1.165) is 11.1 Å². The second-order valence-electron chi connectivity index (χ2n) is 6.57. The Kier molecular flexibility index (Phi) is 5.04. The van der Waals surface area contributed by atoms with E-state index in [-0.39, 0.29) is 17.7 Å². The molecule has 2 aromatic rings. The number of ether oxygens (including phenoxy) is 1. The third-order valence-corrected chi connectivity index (χ3v) is 3.45. The zero-order valence-electron chi connectivity index (χ0n) is 13.9. The van der Waals surface area contributed by atoms with Crippen molar-refractivity contribution in [2.45, 2.75) is 33.1 Å². The minimum Gasteiger partial charge on any atom is -0.483 e. The summed E-state index contributed by atoms with van der Waals surface area (Å²) in [6.07, 6.45) is 0. The van der Waals surface area contributed by atoms with E-state index in [4.69, 9.17) is 4.74 Å². The van der Waals surface area contributed by atoms with Gasteiger partial charge in [-0.3, -0.25) is 4.79 Å². The number of carbonyl (C=O) groups is 1. The smallest absolute Gasteiger partial charge is 0.262 e. The summed E-state index contributed by atoms with van der Waals surface area (Å²) >= 11 is 0. The van der Waals surface area contributed by atoms with Crippen molar-refractivity contribution in [3.8, 4) is 5.75 Å². The lowest BCUT2D eigenvalue weighted by molar-refractivity contribution is -0.118. The molecule has 0 aliphatic heterocycles. The highest BCUT2D eigenvalue weighted by Gasteiger charge is 2.19. The minimum atomic E-state index is -0.451. The number of rotatable bonds is 4. The molecule has 2 aromatic carbocycles. The number of hydrogen-bond acceptors (Lipinski definition) is 2. The summed E-state index contributed by atoms with van der Waals surface area (Å²) < 4.78 is 19.4. The van der Waals surface area contributed by atoms with Crippen LogP contribution in [-0.4, -0.2) is 12.5 Å². The number of hydrogen-bond donors (Lipinski definition) is 1. The van der Waals surface area contributed by atoms with Crippen LogP contribution < -0.4 is 10.1 Å². The van der Waals surface area contributed by atoms with Crippen molar-refractivity contribution in [2.24, 2.45) is 0 Å². The quantitative estimate of drug-likeness (QED) is 0.905. The molecular weight excluding hydrogens is 293 g/mol. The second kappa shape index (κ2) is 6.82. The Hall–Kier alpha value is -2.36. The maximum atomic E-state index is 13.7. The molecular formula is C19H22FNO2. The van der Waals surface area contributed by atoms with Gasteiger partial charge in [-0.25, -0.2) is 4.39 Å². The Morgan fingerprint density at radius 1 is 1.17 bits per heavy atom. The normalized spacial score (nSPS) is 11.2. The molecule has 4 heteroatoms. The Bertz CT molecular complexity index is 705. The van der Waals surface area contributed by atoms with Gasteiger partial charge in [-0.05, 0) is 41.7 Å². The third-order valence-electron chi connectivity index (χ3n) is 3.45. The van der Waals surface area contributed by atoms with Gasteiger partial charge in [0.05, 0.1) is 5.69 Å². The van der Waals surface area contributed by atoms with Gasteiger partial charge in [0.1, 0.15) is 11.6 Å². The van der Waals surface area contributed by atoms with Crippen LogP contribution in [0.4, 0.5) is 10.1 Å². The highest BCUT2D eigenvalue weighted by Crippen LogP contribution is 2.30. The van der Waals surface area contributed by atoms with Gasteiger partial charge in [0.15, 0.2) is 6.61 Å². The van der Waals surface area contributed by atoms with Gasteiger partial charge in [-0.15, -0.1) is 0 Å². The number of aryl methyl sites for hydroxylation is 1. The Balaban J connectivity index is 2.03. The van der Waals surface area contributed by atoms with Gasteiger partial charge >= 0.3 is 0 Å². The molecule has 0 unspecified atom stereocenters. The van der Waals surface area contributed by atoms with E-state index in [0.29, 0.717) is 5.75 Å². The number of halogens is 1. The summed E-state index contributed by atoms with van der Waals surface area (Å²) in [5.74, 6) is -0.176. The number of benzene rings is 2. The predicted octanol–water partition coefficient (Wildman–Crippen LogP) is 4.45. The fourth-order valence-corrected chi connectivity index (χ4v) is 2.26.